The second-order valence-electron chi connectivity index (χ2n) is 9.29. The number of hydrogen-bond donors (Lipinski definition) is 4. The van der Waals surface area contributed by atoms with Gasteiger partial charge in [-0.25, -0.2) is 0 Å². The van der Waals surface area contributed by atoms with Crippen molar-refractivity contribution in [2.45, 2.75) is 141 Å². The molecular weight excluding hydrogens is 432 g/mol. The zero-order chi connectivity index (χ0) is 25.4. The van der Waals surface area contributed by atoms with Crippen LogP contribution in [0.15, 0.2) is 0 Å². The Morgan fingerprint density at radius 2 is 0.735 bits per heavy atom. The number of aliphatic hydroxyl groups is 4. The lowest BCUT2D eigenvalue weighted by Gasteiger charge is -2.03. The van der Waals surface area contributed by atoms with E-state index in [0.29, 0.717) is 26.2 Å². The number of ether oxygens (including phenoxy) is 1. The van der Waals surface area contributed by atoms with E-state index in [4.69, 9.17) is 25.2 Å². The molecule has 1 saturated heterocycles. The smallest absolute Gasteiger partial charge is 0.305 e. The molecule has 0 aromatic heterocycles. The molecule has 1 fully saturated rings. The van der Waals surface area contributed by atoms with E-state index >= 15 is 0 Å². The predicted molar refractivity (Wildman–Crippen MR) is 141 cm³/mol. The number of aliphatic hydroxyl groups excluding tert-OH is 4. The lowest BCUT2D eigenvalue weighted by Crippen LogP contribution is -2.05. The summed E-state index contributed by atoms with van der Waals surface area (Å²) >= 11 is 0. The lowest BCUT2D eigenvalue weighted by atomic mass is 10.1. The number of hydrogen-bond acceptors (Lipinski definition) is 6. The highest BCUT2D eigenvalue weighted by atomic mass is 16.5. The Morgan fingerprint density at radius 3 is 1.12 bits per heavy atom. The molecule has 0 aliphatic carbocycles. The summed E-state index contributed by atoms with van der Waals surface area (Å²) in [6.45, 7) is 1.72. The second-order valence-corrected chi connectivity index (χ2v) is 9.29. The van der Waals surface area contributed by atoms with Crippen LogP contribution in [0.25, 0.3) is 0 Å². The molecule has 0 aromatic carbocycles. The fourth-order valence-electron chi connectivity index (χ4n) is 3.73. The van der Waals surface area contributed by atoms with Crippen molar-refractivity contribution >= 4 is 5.97 Å². The summed E-state index contributed by atoms with van der Waals surface area (Å²) in [6, 6.07) is 0. The summed E-state index contributed by atoms with van der Waals surface area (Å²) in [5, 5.41) is 33.3. The van der Waals surface area contributed by atoms with Crippen molar-refractivity contribution in [2.75, 3.05) is 33.0 Å². The van der Waals surface area contributed by atoms with Gasteiger partial charge in [-0.05, 0) is 38.5 Å². The van der Waals surface area contributed by atoms with Gasteiger partial charge in [-0.1, -0.05) is 96.3 Å². The van der Waals surface area contributed by atoms with Gasteiger partial charge in [0.05, 0.1) is 6.61 Å². The van der Waals surface area contributed by atoms with Crippen molar-refractivity contribution in [3.63, 3.8) is 0 Å². The molecule has 1 aliphatic rings. The Kier molecular flexibility index (Phi) is 36.0. The summed E-state index contributed by atoms with van der Waals surface area (Å²) < 4.78 is 5.12. The summed E-state index contributed by atoms with van der Waals surface area (Å²) in [7, 11) is 0. The lowest BCUT2D eigenvalue weighted by molar-refractivity contribution is -0.143. The summed E-state index contributed by atoms with van der Waals surface area (Å²) in [5.74, 6) is 0.00393. The second kappa shape index (κ2) is 34.5. The van der Waals surface area contributed by atoms with Crippen molar-refractivity contribution in [2.24, 2.45) is 0 Å². The maximum Gasteiger partial charge on any atom is 0.305 e. The van der Waals surface area contributed by atoms with Gasteiger partial charge in [0.1, 0.15) is 0 Å². The molecule has 0 unspecified atom stereocenters. The van der Waals surface area contributed by atoms with Gasteiger partial charge in [-0.15, -0.1) is 0 Å². The van der Waals surface area contributed by atoms with E-state index in [1.54, 1.807) is 0 Å². The standard InChI is InChI=1S/C12H22O2.C12H26O2.C4H10O2/c13-12-10-8-6-4-2-1-3-5-7-9-11-14-12;13-11-9-7-5-3-1-2-4-6-8-10-12-14;5-3-1-2-4-6/h1-11H2;13-14H,1-12H2;5-6H,1-4H2. The molecule has 6 nitrogen and oxygen atoms in total. The maximum atomic E-state index is 11.2. The van der Waals surface area contributed by atoms with Crippen LogP contribution in [0.3, 0.4) is 0 Å². The third-order valence-corrected chi connectivity index (χ3v) is 5.92. The number of cyclic esters (lactones) is 1. The average molecular weight is 491 g/mol. The highest BCUT2D eigenvalue weighted by Gasteiger charge is 2.03. The number of unbranched alkanes of at least 4 members (excludes halogenated alkanes) is 10. The molecule has 0 radical (unpaired) electrons. The van der Waals surface area contributed by atoms with E-state index < -0.39 is 0 Å². The molecule has 0 atom stereocenters. The van der Waals surface area contributed by atoms with E-state index in [2.05, 4.69) is 0 Å². The van der Waals surface area contributed by atoms with Crippen molar-refractivity contribution in [1.29, 1.82) is 0 Å². The minimum atomic E-state index is 0.00393. The highest BCUT2D eigenvalue weighted by molar-refractivity contribution is 5.69. The third kappa shape index (κ3) is 35.9. The van der Waals surface area contributed by atoms with E-state index in [-0.39, 0.29) is 19.2 Å². The van der Waals surface area contributed by atoms with E-state index in [9.17, 15) is 4.79 Å². The molecule has 1 rings (SSSR count). The molecular formula is C28H58O6. The fraction of sp³-hybridized carbons (Fsp3) is 0.964. The predicted octanol–water partition coefficient (Wildman–Crippen LogP) is 6.07. The van der Waals surface area contributed by atoms with Gasteiger partial charge in [-0.3, -0.25) is 4.79 Å². The maximum absolute atomic E-state index is 11.2. The normalized spacial score (nSPS) is 15.4. The fourth-order valence-corrected chi connectivity index (χ4v) is 3.73. The van der Waals surface area contributed by atoms with Crippen LogP contribution in [0.5, 0.6) is 0 Å². The molecule has 0 bridgehead atoms. The number of carbonyl (C=O) groups is 1. The zero-order valence-electron chi connectivity index (χ0n) is 22.2. The van der Waals surface area contributed by atoms with Crippen LogP contribution in [-0.4, -0.2) is 59.4 Å². The third-order valence-electron chi connectivity index (χ3n) is 5.92. The van der Waals surface area contributed by atoms with E-state index in [1.165, 1.54) is 96.3 Å². The van der Waals surface area contributed by atoms with Gasteiger partial charge in [0.2, 0.25) is 0 Å². The Bertz CT molecular complexity index is 333. The van der Waals surface area contributed by atoms with Crippen LogP contribution < -0.4 is 0 Å². The van der Waals surface area contributed by atoms with Gasteiger partial charge in [0.25, 0.3) is 0 Å². The summed E-state index contributed by atoms with van der Waals surface area (Å²) in [4.78, 5) is 11.2. The Labute approximate surface area is 210 Å². The molecule has 0 aromatic rings. The molecule has 4 N–H and O–H groups in total. The molecule has 6 heteroatoms. The van der Waals surface area contributed by atoms with Crippen molar-refractivity contribution < 1.29 is 30.0 Å². The Balaban J connectivity index is 0. The first-order valence-corrected chi connectivity index (χ1v) is 14.3. The summed E-state index contributed by atoms with van der Waals surface area (Å²) in [5.41, 5.74) is 0. The van der Waals surface area contributed by atoms with Gasteiger partial charge < -0.3 is 25.2 Å². The highest BCUT2D eigenvalue weighted by Crippen LogP contribution is 2.12. The van der Waals surface area contributed by atoms with Crippen molar-refractivity contribution in [3.8, 4) is 0 Å². The minimum Gasteiger partial charge on any atom is -0.466 e. The van der Waals surface area contributed by atoms with E-state index in [0.717, 1.165) is 38.5 Å². The topological polar surface area (TPSA) is 107 Å². The SMILES string of the molecule is O=C1CCCCCCCCCCCO1.OCCCCCCCCCCCCO.OCCCCO. The number of esters is 1. The average Bonchev–Trinajstić information content (AvgIpc) is 2.87. The molecule has 1 aliphatic heterocycles. The zero-order valence-corrected chi connectivity index (χ0v) is 22.2. The first kappa shape index (κ1) is 35.5. The quantitative estimate of drug-likeness (QED) is 0.174. The van der Waals surface area contributed by atoms with Crippen molar-refractivity contribution in [3.05, 3.63) is 0 Å². The summed E-state index contributed by atoms with van der Waals surface area (Å²) in [6.07, 6.45) is 25.3. The largest absolute Gasteiger partial charge is 0.466 e. The molecule has 0 saturated carbocycles. The van der Waals surface area contributed by atoms with Crippen LogP contribution in [0.4, 0.5) is 0 Å². The molecule has 34 heavy (non-hydrogen) atoms. The van der Waals surface area contributed by atoms with Crippen LogP contribution in [0.2, 0.25) is 0 Å². The molecule has 0 amide bonds. The van der Waals surface area contributed by atoms with Crippen LogP contribution in [0.1, 0.15) is 141 Å². The number of carbonyl (C=O) groups excluding carboxylic acids is 1. The van der Waals surface area contributed by atoms with Crippen LogP contribution >= 0.6 is 0 Å². The number of rotatable bonds is 14. The van der Waals surface area contributed by atoms with Gasteiger partial charge in [0, 0.05) is 32.8 Å². The first-order valence-electron chi connectivity index (χ1n) is 14.3. The molecule has 1 heterocycles. The Hall–Kier alpha value is -0.690. The van der Waals surface area contributed by atoms with Crippen LogP contribution in [-0.2, 0) is 9.53 Å². The van der Waals surface area contributed by atoms with Crippen molar-refractivity contribution in [1.82, 2.24) is 0 Å². The first-order chi connectivity index (χ1) is 16.7. The van der Waals surface area contributed by atoms with Gasteiger partial charge in [-0.2, -0.15) is 0 Å². The molecule has 206 valence electrons. The molecule has 0 spiro atoms. The van der Waals surface area contributed by atoms with Gasteiger partial charge >= 0.3 is 5.97 Å². The minimum absolute atomic E-state index is 0.00393. The van der Waals surface area contributed by atoms with Crippen LogP contribution in [0, 0.1) is 0 Å². The van der Waals surface area contributed by atoms with Gasteiger partial charge in [0.15, 0.2) is 0 Å². The Morgan fingerprint density at radius 1 is 0.441 bits per heavy atom. The monoisotopic (exact) mass is 490 g/mol. The van der Waals surface area contributed by atoms with E-state index in [1.807, 2.05) is 0 Å².